The molecule has 9 nitrogen and oxygen atoms in total. The van der Waals surface area contributed by atoms with E-state index in [1.807, 2.05) is 6.92 Å². The zero-order chi connectivity index (χ0) is 20.0. The highest BCUT2D eigenvalue weighted by molar-refractivity contribution is 7.86. The molecule has 0 aliphatic heterocycles. The average Bonchev–Trinajstić information content (AvgIpc) is 2.63. The number of ketones is 1. The van der Waals surface area contributed by atoms with Gasteiger partial charge in [0.2, 0.25) is 0 Å². The number of hydrogen-bond acceptors (Lipinski definition) is 9. The molecule has 0 bridgehead atoms. The molecular weight excluding hydrogens is 374 g/mol. The number of carbonyl (C=O) groups excluding carboxylic acids is 2. The van der Waals surface area contributed by atoms with E-state index in [1.54, 1.807) is 19.1 Å². The molecule has 1 aliphatic rings. The number of hydrogen-bond donors (Lipinski definition) is 1. The Labute approximate surface area is 157 Å². The standard InChI is InChI=1S/C17H21N3O6S/c1-3-25-17(22)14(20-18)10-19-9-12-8-15(21)16(12)26-27(23,24)13-6-4-11(2)5-7-13/h4-7,10,12,16H,3,8-9,18H2,1-2H3. The van der Waals surface area contributed by atoms with Crippen molar-refractivity contribution in [3.05, 3.63) is 29.8 Å². The van der Waals surface area contributed by atoms with Crippen LogP contribution in [0, 0.1) is 12.8 Å². The molecule has 0 radical (unpaired) electrons. The Morgan fingerprint density at radius 2 is 2.00 bits per heavy atom. The van der Waals surface area contributed by atoms with Crippen LogP contribution in [0.5, 0.6) is 0 Å². The van der Waals surface area contributed by atoms with Gasteiger partial charge in [-0.05, 0) is 26.0 Å². The number of esters is 1. The van der Waals surface area contributed by atoms with E-state index >= 15 is 0 Å². The minimum Gasteiger partial charge on any atom is -0.461 e. The Bertz CT molecular complexity index is 861. The molecular formula is C17H21N3O6S. The number of nitrogens with two attached hydrogens (primary N) is 1. The van der Waals surface area contributed by atoms with Gasteiger partial charge in [-0.1, -0.05) is 17.7 Å². The molecule has 0 amide bonds. The highest BCUT2D eigenvalue weighted by Gasteiger charge is 2.43. The number of rotatable bonds is 8. The van der Waals surface area contributed by atoms with Crippen LogP contribution in [0.15, 0.2) is 39.3 Å². The lowest BCUT2D eigenvalue weighted by Crippen LogP contribution is -2.47. The molecule has 1 fully saturated rings. The van der Waals surface area contributed by atoms with Crippen molar-refractivity contribution in [2.45, 2.75) is 31.3 Å². The SMILES string of the molecule is CCOC(=O)C(C=NCC1CC(=O)C1OS(=O)(=O)c1ccc(C)cc1)=NN. The fraction of sp³-hybridized carbons (Fsp3) is 0.412. The van der Waals surface area contributed by atoms with Crippen molar-refractivity contribution < 1.29 is 26.9 Å². The molecule has 146 valence electrons. The van der Waals surface area contributed by atoms with Crippen LogP contribution >= 0.6 is 0 Å². The lowest BCUT2D eigenvalue weighted by molar-refractivity contribution is -0.138. The molecule has 2 unspecified atom stereocenters. The zero-order valence-corrected chi connectivity index (χ0v) is 15.8. The maximum absolute atomic E-state index is 12.3. The average molecular weight is 395 g/mol. The van der Waals surface area contributed by atoms with Crippen molar-refractivity contribution in [2.75, 3.05) is 13.2 Å². The number of ether oxygens (including phenoxy) is 1. The number of aryl methyl sites for hydroxylation is 1. The smallest absolute Gasteiger partial charge is 0.360 e. The van der Waals surface area contributed by atoms with Gasteiger partial charge in [-0.15, -0.1) is 0 Å². The quantitative estimate of drug-likeness (QED) is 0.224. The van der Waals surface area contributed by atoms with Gasteiger partial charge in [-0.3, -0.25) is 14.0 Å². The predicted molar refractivity (Wildman–Crippen MR) is 98.0 cm³/mol. The molecule has 0 spiro atoms. The van der Waals surface area contributed by atoms with Gasteiger partial charge < -0.3 is 10.6 Å². The van der Waals surface area contributed by atoms with Crippen LogP contribution in [0.4, 0.5) is 0 Å². The third-order valence-corrected chi connectivity index (χ3v) is 5.24. The minimum atomic E-state index is -4.06. The Hall–Kier alpha value is -2.59. The highest BCUT2D eigenvalue weighted by Crippen LogP contribution is 2.30. The monoisotopic (exact) mass is 395 g/mol. The third kappa shape index (κ3) is 5.20. The molecule has 0 aromatic heterocycles. The van der Waals surface area contributed by atoms with Gasteiger partial charge in [0.25, 0.3) is 10.1 Å². The molecule has 2 atom stereocenters. The second-order valence-corrected chi connectivity index (χ2v) is 7.52. The fourth-order valence-corrected chi connectivity index (χ4v) is 3.51. The van der Waals surface area contributed by atoms with Gasteiger partial charge in [-0.25, -0.2) is 4.79 Å². The van der Waals surface area contributed by atoms with Crippen molar-refractivity contribution in [1.29, 1.82) is 0 Å². The lowest BCUT2D eigenvalue weighted by atomic mass is 9.81. The first-order valence-electron chi connectivity index (χ1n) is 8.26. The van der Waals surface area contributed by atoms with E-state index in [0.717, 1.165) is 11.8 Å². The summed E-state index contributed by atoms with van der Waals surface area (Å²) in [5, 5.41) is 3.29. The van der Waals surface area contributed by atoms with Crippen molar-refractivity contribution in [3.63, 3.8) is 0 Å². The lowest BCUT2D eigenvalue weighted by Gasteiger charge is -2.32. The fourth-order valence-electron chi connectivity index (χ4n) is 2.39. The number of nitrogens with zero attached hydrogens (tertiary/aromatic N) is 2. The second kappa shape index (κ2) is 8.87. The number of benzene rings is 1. The molecule has 27 heavy (non-hydrogen) atoms. The molecule has 10 heteroatoms. The van der Waals surface area contributed by atoms with Crippen molar-refractivity contribution in [1.82, 2.24) is 0 Å². The van der Waals surface area contributed by atoms with Crippen molar-refractivity contribution in [2.24, 2.45) is 21.9 Å². The molecule has 1 aromatic rings. The summed E-state index contributed by atoms with van der Waals surface area (Å²) in [6.45, 7) is 3.71. The Morgan fingerprint density at radius 1 is 1.33 bits per heavy atom. The van der Waals surface area contributed by atoms with Crippen LogP contribution in [0.1, 0.15) is 18.9 Å². The Kier molecular flexibility index (Phi) is 6.81. The van der Waals surface area contributed by atoms with Gasteiger partial charge in [-0.2, -0.15) is 13.5 Å². The van der Waals surface area contributed by atoms with E-state index in [-0.39, 0.29) is 36.0 Å². The van der Waals surface area contributed by atoms with Crippen LogP contribution in [0.3, 0.4) is 0 Å². The molecule has 1 aliphatic carbocycles. The Morgan fingerprint density at radius 3 is 2.56 bits per heavy atom. The van der Waals surface area contributed by atoms with Gasteiger partial charge >= 0.3 is 5.97 Å². The van der Waals surface area contributed by atoms with Gasteiger partial charge in [0.1, 0.15) is 6.10 Å². The Balaban J connectivity index is 2.00. The molecule has 2 rings (SSSR count). The van der Waals surface area contributed by atoms with E-state index in [0.29, 0.717) is 0 Å². The van der Waals surface area contributed by atoms with Crippen molar-refractivity contribution >= 4 is 33.8 Å². The topological polar surface area (TPSA) is 137 Å². The highest BCUT2D eigenvalue weighted by atomic mass is 32.2. The van der Waals surface area contributed by atoms with Crippen LogP contribution in [0.25, 0.3) is 0 Å². The van der Waals surface area contributed by atoms with E-state index in [2.05, 4.69) is 10.1 Å². The van der Waals surface area contributed by atoms with E-state index in [4.69, 9.17) is 14.8 Å². The second-order valence-electron chi connectivity index (χ2n) is 5.94. The summed E-state index contributed by atoms with van der Waals surface area (Å²) in [6.07, 6.45) is 0.168. The molecule has 0 heterocycles. The molecule has 1 aromatic carbocycles. The maximum Gasteiger partial charge on any atom is 0.360 e. The summed E-state index contributed by atoms with van der Waals surface area (Å²) in [6, 6.07) is 6.13. The largest absolute Gasteiger partial charge is 0.461 e. The summed E-state index contributed by atoms with van der Waals surface area (Å²) in [4.78, 5) is 27.3. The van der Waals surface area contributed by atoms with Crippen LogP contribution in [-0.2, 0) is 28.6 Å². The van der Waals surface area contributed by atoms with E-state index in [1.165, 1.54) is 12.1 Å². The first-order valence-corrected chi connectivity index (χ1v) is 9.66. The van der Waals surface area contributed by atoms with Crippen LogP contribution in [-0.4, -0.2) is 51.4 Å². The molecule has 2 N–H and O–H groups in total. The van der Waals surface area contributed by atoms with Crippen molar-refractivity contribution in [3.8, 4) is 0 Å². The molecule has 0 saturated heterocycles. The van der Waals surface area contributed by atoms with Gasteiger partial charge in [0, 0.05) is 18.9 Å². The summed E-state index contributed by atoms with van der Waals surface area (Å²) in [7, 11) is -4.06. The number of carbonyl (C=O) groups is 2. The molecule has 1 saturated carbocycles. The van der Waals surface area contributed by atoms with Crippen LogP contribution < -0.4 is 5.84 Å². The minimum absolute atomic E-state index is 0.0186. The first-order chi connectivity index (χ1) is 12.8. The summed E-state index contributed by atoms with van der Waals surface area (Å²) in [5.41, 5.74) is 0.729. The van der Waals surface area contributed by atoms with Gasteiger partial charge in [0.05, 0.1) is 17.7 Å². The van der Waals surface area contributed by atoms with Gasteiger partial charge in [0.15, 0.2) is 11.5 Å². The summed E-state index contributed by atoms with van der Waals surface area (Å²) >= 11 is 0. The normalized spacial score (nSPS) is 20.5. The zero-order valence-electron chi connectivity index (χ0n) is 15.0. The number of hydrazone groups is 1. The summed E-state index contributed by atoms with van der Waals surface area (Å²) < 4.78 is 34.5. The van der Waals surface area contributed by atoms with Crippen LogP contribution in [0.2, 0.25) is 0 Å². The maximum atomic E-state index is 12.3. The number of aliphatic imine (C=N–C) groups is 1. The first kappa shape index (κ1) is 20.7. The van der Waals surface area contributed by atoms with E-state index in [9.17, 15) is 18.0 Å². The van der Waals surface area contributed by atoms with E-state index < -0.39 is 28.1 Å². The predicted octanol–water partition coefficient (Wildman–Crippen LogP) is 0.607. The summed E-state index contributed by atoms with van der Waals surface area (Å²) in [5.74, 6) is 3.66. The third-order valence-electron chi connectivity index (χ3n) is 3.93. The number of Topliss-reactive ketones (excluding diaryl/α,β-unsaturated/α-hetero) is 1.